The van der Waals surface area contributed by atoms with Gasteiger partial charge in [0.05, 0.1) is 28.8 Å². The van der Waals surface area contributed by atoms with Crippen LogP contribution in [0, 0.1) is 6.92 Å². The first-order valence-corrected chi connectivity index (χ1v) is 14.5. The molecule has 6 heteroatoms. The highest BCUT2D eigenvalue weighted by Gasteiger charge is 2.39. The molecular formula is C22H38O4SSi. The molecule has 1 heterocycles. The molecule has 0 amide bonds. The number of rotatable bonds is 7. The van der Waals surface area contributed by atoms with Crippen molar-refractivity contribution in [2.75, 3.05) is 12.4 Å². The van der Waals surface area contributed by atoms with E-state index in [1.807, 2.05) is 45.0 Å². The largest absolute Gasteiger partial charge is 0.417 e. The summed E-state index contributed by atoms with van der Waals surface area (Å²) in [6.07, 6.45) is 1.58. The van der Waals surface area contributed by atoms with Crippen LogP contribution in [-0.4, -0.2) is 42.9 Å². The minimum atomic E-state index is -1.75. The summed E-state index contributed by atoms with van der Waals surface area (Å²) >= 11 is 0. The summed E-state index contributed by atoms with van der Waals surface area (Å²) in [5.74, 6) is -0.169. The lowest BCUT2D eigenvalue weighted by Crippen LogP contribution is -2.47. The first kappa shape index (κ1) is 23.7. The molecule has 1 aliphatic rings. The van der Waals surface area contributed by atoms with Gasteiger partial charge in [0.1, 0.15) is 0 Å². The zero-order chi connectivity index (χ0) is 21.2. The van der Waals surface area contributed by atoms with E-state index in [9.17, 15) is 4.21 Å². The van der Waals surface area contributed by atoms with E-state index in [1.165, 1.54) is 5.56 Å². The standard InChI is InChI=1S/C22H38O4SSi/c1-17-9-11-20(12-10-17)27(23)16-19-15-18(25-22(5,6)26-19)13-14-24-28(7,8)21(2,3)4/h9-12,18-19H,13-16H2,1-8H3/t18-,19-,27?/m1/s1. The fourth-order valence-corrected chi connectivity index (χ4v) is 5.35. The van der Waals surface area contributed by atoms with E-state index in [2.05, 4.69) is 33.9 Å². The van der Waals surface area contributed by atoms with E-state index in [0.717, 1.165) is 17.7 Å². The highest BCUT2D eigenvalue weighted by atomic mass is 32.2. The van der Waals surface area contributed by atoms with Gasteiger partial charge in [-0.15, -0.1) is 0 Å². The summed E-state index contributed by atoms with van der Waals surface area (Å²) in [6.45, 7) is 17.9. The second-order valence-corrected chi connectivity index (χ2v) is 16.1. The number of hydrogen-bond acceptors (Lipinski definition) is 4. The lowest BCUT2D eigenvalue weighted by Gasteiger charge is -2.41. The number of hydrogen-bond donors (Lipinski definition) is 0. The monoisotopic (exact) mass is 426 g/mol. The van der Waals surface area contributed by atoms with Crippen molar-refractivity contribution in [3.05, 3.63) is 29.8 Å². The molecule has 0 spiro atoms. The van der Waals surface area contributed by atoms with Gasteiger partial charge in [0, 0.05) is 17.9 Å². The summed E-state index contributed by atoms with van der Waals surface area (Å²) in [6, 6.07) is 7.90. The van der Waals surface area contributed by atoms with Gasteiger partial charge in [0.25, 0.3) is 0 Å². The first-order chi connectivity index (χ1) is 12.8. The van der Waals surface area contributed by atoms with Gasteiger partial charge in [-0.2, -0.15) is 0 Å². The molecule has 0 aromatic heterocycles. The lowest BCUT2D eigenvalue weighted by molar-refractivity contribution is -0.296. The molecule has 28 heavy (non-hydrogen) atoms. The molecule has 1 saturated heterocycles. The van der Waals surface area contributed by atoms with Crippen LogP contribution in [0.25, 0.3) is 0 Å². The zero-order valence-electron chi connectivity index (χ0n) is 18.8. The molecule has 1 aromatic rings. The Bertz CT molecular complexity index is 664. The van der Waals surface area contributed by atoms with E-state index in [0.29, 0.717) is 12.4 Å². The number of benzene rings is 1. The van der Waals surface area contributed by atoms with Gasteiger partial charge in [-0.25, -0.2) is 0 Å². The third-order valence-electron chi connectivity index (χ3n) is 5.76. The van der Waals surface area contributed by atoms with Crippen molar-refractivity contribution in [1.82, 2.24) is 0 Å². The van der Waals surface area contributed by atoms with E-state index < -0.39 is 24.9 Å². The van der Waals surface area contributed by atoms with Crippen molar-refractivity contribution in [3.8, 4) is 0 Å². The third kappa shape index (κ3) is 6.77. The third-order valence-corrected chi connectivity index (χ3v) is 11.8. The van der Waals surface area contributed by atoms with Crippen molar-refractivity contribution in [3.63, 3.8) is 0 Å². The van der Waals surface area contributed by atoms with Gasteiger partial charge < -0.3 is 13.9 Å². The Kier molecular flexibility index (Phi) is 7.70. The molecule has 2 rings (SSSR count). The average molecular weight is 427 g/mol. The van der Waals surface area contributed by atoms with Crippen LogP contribution in [0.2, 0.25) is 18.1 Å². The highest BCUT2D eigenvalue weighted by molar-refractivity contribution is 7.85. The Morgan fingerprint density at radius 1 is 1.14 bits per heavy atom. The Morgan fingerprint density at radius 2 is 1.71 bits per heavy atom. The second kappa shape index (κ2) is 9.09. The quantitative estimate of drug-likeness (QED) is 0.546. The summed E-state index contributed by atoms with van der Waals surface area (Å²) in [7, 11) is -2.83. The van der Waals surface area contributed by atoms with Gasteiger partial charge in [-0.05, 0) is 57.5 Å². The van der Waals surface area contributed by atoms with Crippen molar-refractivity contribution in [1.29, 1.82) is 0 Å². The summed E-state index contributed by atoms with van der Waals surface area (Å²) in [4.78, 5) is 0.858. The highest BCUT2D eigenvalue weighted by Crippen LogP contribution is 2.37. The van der Waals surface area contributed by atoms with Gasteiger partial charge in [0.2, 0.25) is 0 Å². The van der Waals surface area contributed by atoms with Crippen LogP contribution >= 0.6 is 0 Å². The molecule has 1 unspecified atom stereocenters. The molecule has 0 aliphatic carbocycles. The molecule has 3 atom stereocenters. The van der Waals surface area contributed by atoms with Crippen LogP contribution in [0.1, 0.15) is 53.0 Å². The molecule has 0 saturated carbocycles. The van der Waals surface area contributed by atoms with Crippen LogP contribution in [0.3, 0.4) is 0 Å². The van der Waals surface area contributed by atoms with Gasteiger partial charge in [-0.3, -0.25) is 4.21 Å². The second-order valence-electron chi connectivity index (χ2n) is 9.84. The van der Waals surface area contributed by atoms with Crippen LogP contribution in [0.5, 0.6) is 0 Å². The predicted octanol–water partition coefficient (Wildman–Crippen LogP) is 5.42. The fourth-order valence-electron chi connectivity index (χ4n) is 3.12. The van der Waals surface area contributed by atoms with Crippen LogP contribution in [-0.2, 0) is 24.7 Å². The van der Waals surface area contributed by atoms with Crippen molar-refractivity contribution < 1.29 is 18.1 Å². The smallest absolute Gasteiger partial charge is 0.191 e. The summed E-state index contributed by atoms with van der Waals surface area (Å²) in [5, 5.41) is 0.205. The first-order valence-electron chi connectivity index (χ1n) is 10.2. The summed E-state index contributed by atoms with van der Waals surface area (Å²) < 4.78 is 31.3. The van der Waals surface area contributed by atoms with Gasteiger partial charge >= 0.3 is 0 Å². The maximum Gasteiger partial charge on any atom is 0.191 e. The molecule has 160 valence electrons. The van der Waals surface area contributed by atoms with E-state index in [-0.39, 0.29) is 17.2 Å². The van der Waals surface area contributed by atoms with Gasteiger partial charge in [0.15, 0.2) is 14.1 Å². The normalized spacial score (nSPS) is 24.1. The van der Waals surface area contributed by atoms with E-state index in [1.54, 1.807) is 0 Å². The van der Waals surface area contributed by atoms with Crippen molar-refractivity contribution in [2.24, 2.45) is 0 Å². The summed E-state index contributed by atoms with van der Waals surface area (Å²) in [5.41, 5.74) is 1.17. The molecule has 1 aromatic carbocycles. The number of ether oxygens (including phenoxy) is 2. The minimum Gasteiger partial charge on any atom is -0.417 e. The van der Waals surface area contributed by atoms with Crippen LogP contribution < -0.4 is 0 Å². The molecule has 0 N–H and O–H groups in total. The van der Waals surface area contributed by atoms with E-state index >= 15 is 0 Å². The van der Waals surface area contributed by atoms with Crippen LogP contribution in [0.4, 0.5) is 0 Å². The molecule has 0 bridgehead atoms. The van der Waals surface area contributed by atoms with Crippen molar-refractivity contribution in [2.45, 2.75) is 95.4 Å². The minimum absolute atomic E-state index is 0.0635. The molecular weight excluding hydrogens is 388 g/mol. The molecule has 0 radical (unpaired) electrons. The van der Waals surface area contributed by atoms with Crippen LogP contribution in [0.15, 0.2) is 29.2 Å². The maximum atomic E-state index is 12.8. The Morgan fingerprint density at radius 3 is 2.29 bits per heavy atom. The topological polar surface area (TPSA) is 44.8 Å². The maximum absolute atomic E-state index is 12.8. The Labute approximate surface area is 174 Å². The van der Waals surface area contributed by atoms with Gasteiger partial charge in [-0.1, -0.05) is 38.5 Å². The zero-order valence-corrected chi connectivity index (χ0v) is 20.7. The number of aryl methyl sites for hydroxylation is 1. The Balaban J connectivity index is 1.93. The lowest BCUT2D eigenvalue weighted by atomic mass is 10.1. The molecule has 4 nitrogen and oxygen atoms in total. The molecule has 1 aliphatic heterocycles. The fraction of sp³-hybridized carbons (Fsp3) is 0.727. The predicted molar refractivity (Wildman–Crippen MR) is 119 cm³/mol. The average Bonchev–Trinajstić information content (AvgIpc) is 2.52. The molecule has 1 fully saturated rings. The Hall–Kier alpha value is -0.533. The van der Waals surface area contributed by atoms with Crippen molar-refractivity contribution >= 4 is 19.1 Å². The SMILES string of the molecule is Cc1ccc(S(=O)C[C@H]2C[C@@H](CCO[Si](C)(C)C(C)(C)C)OC(C)(C)O2)cc1. The van der Waals surface area contributed by atoms with E-state index in [4.69, 9.17) is 13.9 Å².